The average molecular weight is 333 g/mol. The number of carbonyl (C=O) groups is 1. The van der Waals surface area contributed by atoms with Gasteiger partial charge in [-0.1, -0.05) is 6.07 Å². The molecular weight excluding hydrogens is 313 g/mol. The fourth-order valence-corrected chi connectivity index (χ4v) is 2.84. The van der Waals surface area contributed by atoms with E-state index in [1.807, 2.05) is 14.0 Å². The summed E-state index contributed by atoms with van der Waals surface area (Å²) >= 11 is 0. The number of halogens is 1. The first-order valence-corrected chi connectivity index (χ1v) is 7.88. The molecule has 2 aromatic rings. The Morgan fingerprint density at radius 2 is 2.33 bits per heavy atom. The number of nitrogens with zero attached hydrogens (tertiary/aromatic N) is 3. The molecule has 1 aliphatic heterocycles. The third-order valence-electron chi connectivity index (χ3n) is 4.03. The monoisotopic (exact) mass is 333 g/mol. The highest BCUT2D eigenvalue weighted by Crippen LogP contribution is 2.32. The fourth-order valence-electron chi connectivity index (χ4n) is 2.84. The minimum absolute atomic E-state index is 0.227. The van der Waals surface area contributed by atoms with E-state index in [1.54, 1.807) is 17.0 Å². The number of fused-ring (bicyclic) bond motifs is 1. The number of rotatable bonds is 3. The van der Waals surface area contributed by atoms with E-state index in [2.05, 4.69) is 20.8 Å². The summed E-state index contributed by atoms with van der Waals surface area (Å²) in [4.78, 5) is 12.3. The minimum Gasteiger partial charge on any atom is -0.493 e. The summed E-state index contributed by atoms with van der Waals surface area (Å²) in [7, 11) is 1.82. The number of nitrogens with one attached hydrogen (secondary N) is 2. The largest absolute Gasteiger partial charge is 0.493 e. The quantitative estimate of drug-likeness (QED) is 0.902. The van der Waals surface area contributed by atoms with E-state index in [-0.39, 0.29) is 23.9 Å². The van der Waals surface area contributed by atoms with E-state index in [9.17, 15) is 9.18 Å². The maximum absolute atomic E-state index is 13.4. The lowest BCUT2D eigenvalue weighted by Crippen LogP contribution is -2.39. The first-order valence-electron chi connectivity index (χ1n) is 7.88. The lowest BCUT2D eigenvalue weighted by molar-refractivity contribution is 0.232. The number of hydrogen-bond acceptors (Lipinski definition) is 4. The van der Waals surface area contributed by atoms with Gasteiger partial charge in [0.1, 0.15) is 17.9 Å². The summed E-state index contributed by atoms with van der Waals surface area (Å²) in [6, 6.07) is 3.57. The molecule has 0 radical (unpaired) electrons. The predicted octanol–water partition coefficient (Wildman–Crippen LogP) is 2.23. The van der Waals surface area contributed by atoms with Gasteiger partial charge >= 0.3 is 6.03 Å². The smallest absolute Gasteiger partial charge is 0.315 e. The Balaban J connectivity index is 1.69. The molecule has 2 N–H and O–H groups in total. The number of aromatic nitrogens is 3. The Bertz CT molecular complexity index is 733. The van der Waals surface area contributed by atoms with Gasteiger partial charge in [0.25, 0.3) is 0 Å². The SMILES string of the molecule is C[C@@H](NC(=O)N[C@@H]1CCCOc2cc(F)ccc21)c1nncn1C. The van der Waals surface area contributed by atoms with Crippen molar-refractivity contribution in [3.05, 3.63) is 41.7 Å². The number of urea groups is 1. The second kappa shape index (κ2) is 6.86. The van der Waals surface area contributed by atoms with E-state index < -0.39 is 0 Å². The molecule has 1 aliphatic rings. The van der Waals surface area contributed by atoms with Crippen molar-refractivity contribution in [2.24, 2.45) is 7.05 Å². The van der Waals surface area contributed by atoms with Gasteiger partial charge < -0.3 is 19.9 Å². The van der Waals surface area contributed by atoms with Crippen molar-refractivity contribution >= 4 is 6.03 Å². The first-order chi connectivity index (χ1) is 11.5. The molecule has 2 atom stereocenters. The standard InChI is InChI=1S/C16H20FN5O2/c1-10(15-21-18-9-22(15)2)19-16(23)20-13-4-3-7-24-14-8-11(17)5-6-12(13)14/h5-6,8-10,13H,3-4,7H2,1-2H3,(H2,19,20,23)/t10-,13-/m1/s1. The van der Waals surface area contributed by atoms with Crippen LogP contribution in [0.25, 0.3) is 0 Å². The molecule has 2 amide bonds. The predicted molar refractivity (Wildman–Crippen MR) is 85.0 cm³/mol. The molecule has 0 unspecified atom stereocenters. The van der Waals surface area contributed by atoms with Crippen LogP contribution in [-0.2, 0) is 7.05 Å². The van der Waals surface area contributed by atoms with Crippen molar-refractivity contribution in [3.63, 3.8) is 0 Å². The summed E-state index contributed by atoms with van der Waals surface area (Å²) in [6.45, 7) is 2.34. The van der Waals surface area contributed by atoms with Crippen molar-refractivity contribution < 1.29 is 13.9 Å². The number of aryl methyl sites for hydroxylation is 1. The average Bonchev–Trinajstić information content (AvgIpc) is 2.87. The zero-order chi connectivity index (χ0) is 17.1. The third-order valence-corrected chi connectivity index (χ3v) is 4.03. The van der Waals surface area contributed by atoms with Crippen LogP contribution in [0.3, 0.4) is 0 Å². The van der Waals surface area contributed by atoms with Crippen LogP contribution in [0.2, 0.25) is 0 Å². The summed E-state index contributed by atoms with van der Waals surface area (Å²) < 4.78 is 20.7. The lowest BCUT2D eigenvalue weighted by Gasteiger charge is -2.20. The highest BCUT2D eigenvalue weighted by Gasteiger charge is 2.23. The normalized spacial score (nSPS) is 18.0. The van der Waals surface area contributed by atoms with E-state index in [0.29, 0.717) is 18.2 Å². The molecule has 0 spiro atoms. The Morgan fingerprint density at radius 1 is 1.50 bits per heavy atom. The van der Waals surface area contributed by atoms with Crippen molar-refractivity contribution in [2.75, 3.05) is 6.61 Å². The fraction of sp³-hybridized carbons (Fsp3) is 0.438. The summed E-state index contributed by atoms with van der Waals surface area (Å²) in [5, 5.41) is 13.6. The highest BCUT2D eigenvalue weighted by atomic mass is 19.1. The molecular formula is C16H20FN5O2. The maximum atomic E-state index is 13.4. The van der Waals surface area contributed by atoms with Crippen molar-refractivity contribution in [3.8, 4) is 5.75 Å². The molecule has 128 valence electrons. The van der Waals surface area contributed by atoms with Gasteiger partial charge in [-0.2, -0.15) is 0 Å². The van der Waals surface area contributed by atoms with Gasteiger partial charge in [-0.3, -0.25) is 0 Å². The van der Waals surface area contributed by atoms with Crippen molar-refractivity contribution in [1.82, 2.24) is 25.4 Å². The molecule has 7 nitrogen and oxygen atoms in total. The Labute approximate surface area is 139 Å². The molecule has 3 rings (SSSR count). The number of carbonyl (C=O) groups excluding carboxylic acids is 1. The minimum atomic E-state index is -0.352. The van der Waals surface area contributed by atoms with E-state index in [0.717, 1.165) is 18.4 Å². The van der Waals surface area contributed by atoms with Crippen molar-refractivity contribution in [1.29, 1.82) is 0 Å². The molecule has 0 aliphatic carbocycles. The van der Waals surface area contributed by atoms with Crippen LogP contribution in [0, 0.1) is 5.82 Å². The van der Waals surface area contributed by atoms with E-state index in [1.165, 1.54) is 12.1 Å². The number of hydrogen-bond donors (Lipinski definition) is 2. The summed E-state index contributed by atoms with van der Waals surface area (Å²) in [5.74, 6) is 0.797. The molecule has 0 fully saturated rings. The highest BCUT2D eigenvalue weighted by molar-refractivity contribution is 5.75. The molecule has 1 aromatic heterocycles. The van der Waals surface area contributed by atoms with Gasteiger partial charge in [0.15, 0.2) is 5.82 Å². The second-order valence-electron chi connectivity index (χ2n) is 5.86. The van der Waals surface area contributed by atoms with Crippen LogP contribution in [-0.4, -0.2) is 27.4 Å². The van der Waals surface area contributed by atoms with Crippen LogP contribution in [0.15, 0.2) is 24.5 Å². The molecule has 2 heterocycles. The topological polar surface area (TPSA) is 81.1 Å². The molecule has 0 saturated heterocycles. The van der Waals surface area contributed by atoms with Crippen LogP contribution in [0.1, 0.15) is 43.2 Å². The number of ether oxygens (including phenoxy) is 1. The van der Waals surface area contributed by atoms with Crippen LogP contribution >= 0.6 is 0 Å². The Hall–Kier alpha value is -2.64. The second-order valence-corrected chi connectivity index (χ2v) is 5.86. The lowest BCUT2D eigenvalue weighted by atomic mass is 10.0. The van der Waals surface area contributed by atoms with Gasteiger partial charge in [0.2, 0.25) is 0 Å². The Morgan fingerprint density at radius 3 is 3.08 bits per heavy atom. The zero-order valence-electron chi connectivity index (χ0n) is 13.6. The number of benzene rings is 1. The van der Waals surface area contributed by atoms with Gasteiger partial charge in [-0.25, -0.2) is 9.18 Å². The number of amides is 2. The van der Waals surface area contributed by atoms with E-state index in [4.69, 9.17) is 4.74 Å². The van der Waals surface area contributed by atoms with Gasteiger partial charge in [-0.15, -0.1) is 10.2 Å². The molecule has 8 heteroatoms. The zero-order valence-corrected chi connectivity index (χ0v) is 13.6. The van der Waals surface area contributed by atoms with Crippen LogP contribution in [0.4, 0.5) is 9.18 Å². The molecule has 24 heavy (non-hydrogen) atoms. The molecule has 0 saturated carbocycles. The third kappa shape index (κ3) is 3.47. The van der Waals surface area contributed by atoms with Crippen LogP contribution < -0.4 is 15.4 Å². The maximum Gasteiger partial charge on any atom is 0.315 e. The Kier molecular flexibility index (Phi) is 4.64. The van der Waals surface area contributed by atoms with E-state index >= 15 is 0 Å². The van der Waals surface area contributed by atoms with Gasteiger partial charge in [-0.05, 0) is 25.8 Å². The molecule has 1 aromatic carbocycles. The van der Waals surface area contributed by atoms with Gasteiger partial charge in [0.05, 0.1) is 18.7 Å². The van der Waals surface area contributed by atoms with Crippen LogP contribution in [0.5, 0.6) is 5.75 Å². The summed E-state index contributed by atoms with van der Waals surface area (Å²) in [5.41, 5.74) is 0.787. The molecule has 0 bridgehead atoms. The first kappa shape index (κ1) is 16.2. The summed E-state index contributed by atoms with van der Waals surface area (Å²) in [6.07, 6.45) is 3.09. The van der Waals surface area contributed by atoms with Crippen molar-refractivity contribution in [2.45, 2.75) is 31.8 Å². The van der Waals surface area contributed by atoms with Gasteiger partial charge in [0, 0.05) is 18.7 Å².